The van der Waals surface area contributed by atoms with Crippen LogP contribution >= 0.6 is 0 Å². The minimum absolute atomic E-state index is 0.425. The number of aliphatic hydroxyl groups excluding tert-OH is 1. The van der Waals surface area contributed by atoms with Crippen LogP contribution in [0.15, 0.2) is 0 Å². The fourth-order valence-corrected chi connectivity index (χ4v) is 1.78. The van der Waals surface area contributed by atoms with Crippen LogP contribution in [0.5, 0.6) is 0 Å². The van der Waals surface area contributed by atoms with Crippen LogP contribution in [0.25, 0.3) is 0 Å². The predicted octanol–water partition coefficient (Wildman–Crippen LogP) is 1.94. The van der Waals surface area contributed by atoms with Crippen molar-refractivity contribution in [1.82, 2.24) is 0 Å². The summed E-state index contributed by atoms with van der Waals surface area (Å²) in [5.74, 6) is 0.688. The molecule has 1 N–H and O–H groups in total. The van der Waals surface area contributed by atoms with Gasteiger partial charge in [-0.3, -0.25) is 0 Å². The van der Waals surface area contributed by atoms with E-state index >= 15 is 0 Å². The summed E-state index contributed by atoms with van der Waals surface area (Å²) in [5.41, 5.74) is 0. The molecule has 0 heterocycles. The third kappa shape index (κ3) is 3.56. The third-order valence-corrected chi connectivity index (χ3v) is 2.78. The van der Waals surface area contributed by atoms with Crippen LogP contribution in [0.2, 0.25) is 0 Å². The summed E-state index contributed by atoms with van der Waals surface area (Å²) in [5, 5.41) is 9.86. The van der Waals surface area contributed by atoms with E-state index in [1.165, 1.54) is 19.3 Å². The highest BCUT2D eigenvalue weighted by molar-refractivity contribution is 4.74. The molecule has 1 unspecified atom stereocenters. The van der Waals surface area contributed by atoms with Crippen LogP contribution in [0.1, 0.15) is 39.5 Å². The minimum atomic E-state index is -0.458. The van der Waals surface area contributed by atoms with Crippen molar-refractivity contribution in [2.75, 3.05) is 13.2 Å². The van der Waals surface area contributed by atoms with Gasteiger partial charge in [-0.05, 0) is 26.2 Å². The van der Waals surface area contributed by atoms with Gasteiger partial charge in [0.15, 0.2) is 6.29 Å². The predicted molar refractivity (Wildman–Crippen MR) is 55.0 cm³/mol. The van der Waals surface area contributed by atoms with Crippen LogP contribution in [0, 0.1) is 5.92 Å². The fourth-order valence-electron chi connectivity index (χ4n) is 1.78. The molecule has 1 aliphatic rings. The molecule has 0 saturated heterocycles. The third-order valence-electron chi connectivity index (χ3n) is 2.78. The lowest BCUT2D eigenvalue weighted by Gasteiger charge is -2.30. The Kier molecular flexibility index (Phi) is 5.45. The van der Waals surface area contributed by atoms with Gasteiger partial charge in [0.1, 0.15) is 6.10 Å². The van der Waals surface area contributed by atoms with Gasteiger partial charge in [-0.25, -0.2) is 0 Å². The first-order valence-electron chi connectivity index (χ1n) is 5.69. The first-order chi connectivity index (χ1) is 6.77. The van der Waals surface area contributed by atoms with Crippen molar-refractivity contribution >= 4 is 0 Å². The van der Waals surface area contributed by atoms with Gasteiger partial charge in [0.25, 0.3) is 0 Å². The zero-order chi connectivity index (χ0) is 10.4. The van der Waals surface area contributed by atoms with E-state index in [0.717, 1.165) is 6.42 Å². The summed E-state index contributed by atoms with van der Waals surface area (Å²) in [6, 6.07) is 0. The van der Waals surface area contributed by atoms with Crippen molar-refractivity contribution in [2.24, 2.45) is 5.92 Å². The Morgan fingerprint density at radius 3 is 2.14 bits per heavy atom. The topological polar surface area (TPSA) is 38.7 Å². The first-order valence-corrected chi connectivity index (χ1v) is 5.69. The molecule has 3 heteroatoms. The van der Waals surface area contributed by atoms with Crippen molar-refractivity contribution in [1.29, 1.82) is 0 Å². The molecule has 0 bridgehead atoms. The van der Waals surface area contributed by atoms with Crippen LogP contribution in [0.3, 0.4) is 0 Å². The first kappa shape index (κ1) is 12.0. The molecule has 0 amide bonds. The molecular formula is C11H22O3. The van der Waals surface area contributed by atoms with E-state index in [-0.39, 0.29) is 0 Å². The molecule has 1 saturated carbocycles. The normalized spacial score (nSPS) is 19.7. The maximum atomic E-state index is 9.86. The van der Waals surface area contributed by atoms with E-state index in [9.17, 15) is 5.11 Å². The molecule has 14 heavy (non-hydrogen) atoms. The van der Waals surface area contributed by atoms with Crippen molar-refractivity contribution in [3.8, 4) is 0 Å². The monoisotopic (exact) mass is 202 g/mol. The summed E-state index contributed by atoms with van der Waals surface area (Å²) in [6.07, 6.45) is 3.76. The van der Waals surface area contributed by atoms with Gasteiger partial charge in [-0.1, -0.05) is 19.3 Å². The molecule has 0 spiro atoms. The Hall–Kier alpha value is -0.120. The average molecular weight is 202 g/mol. The summed E-state index contributed by atoms with van der Waals surface area (Å²) in [4.78, 5) is 0. The standard InChI is InChI=1S/C11H22O3/c1-3-13-11(14-4-2)10(12)8-9-6-5-7-9/h9-12H,3-8H2,1-2H3. The Bertz CT molecular complexity index is 139. The van der Waals surface area contributed by atoms with Crippen molar-refractivity contribution in [3.05, 3.63) is 0 Å². The van der Waals surface area contributed by atoms with Gasteiger partial charge in [0.05, 0.1) is 0 Å². The zero-order valence-corrected chi connectivity index (χ0v) is 9.24. The maximum absolute atomic E-state index is 9.86. The van der Waals surface area contributed by atoms with E-state index in [1.54, 1.807) is 0 Å². The number of rotatable bonds is 7. The molecule has 1 rings (SSSR count). The van der Waals surface area contributed by atoms with Crippen LogP contribution in [-0.4, -0.2) is 30.7 Å². The average Bonchev–Trinajstić information content (AvgIpc) is 2.11. The van der Waals surface area contributed by atoms with E-state index in [4.69, 9.17) is 9.47 Å². The van der Waals surface area contributed by atoms with E-state index in [2.05, 4.69) is 0 Å². The highest BCUT2D eigenvalue weighted by atomic mass is 16.7. The number of aliphatic hydroxyl groups is 1. The molecule has 0 radical (unpaired) electrons. The number of hydrogen-bond acceptors (Lipinski definition) is 3. The van der Waals surface area contributed by atoms with Crippen LogP contribution in [-0.2, 0) is 9.47 Å². The molecular weight excluding hydrogens is 180 g/mol. The molecule has 0 aromatic carbocycles. The zero-order valence-electron chi connectivity index (χ0n) is 9.24. The number of ether oxygens (including phenoxy) is 2. The highest BCUT2D eigenvalue weighted by Gasteiger charge is 2.26. The molecule has 0 aliphatic heterocycles. The van der Waals surface area contributed by atoms with E-state index < -0.39 is 12.4 Å². The second-order valence-electron chi connectivity index (χ2n) is 3.88. The van der Waals surface area contributed by atoms with Gasteiger partial charge >= 0.3 is 0 Å². The van der Waals surface area contributed by atoms with E-state index in [0.29, 0.717) is 19.1 Å². The highest BCUT2D eigenvalue weighted by Crippen LogP contribution is 2.31. The molecule has 0 aromatic rings. The summed E-state index contributed by atoms with van der Waals surface area (Å²) < 4.78 is 10.7. The van der Waals surface area contributed by atoms with Crippen molar-refractivity contribution < 1.29 is 14.6 Å². The lowest BCUT2D eigenvalue weighted by atomic mass is 9.81. The molecule has 1 fully saturated rings. The van der Waals surface area contributed by atoms with Gasteiger partial charge in [-0.2, -0.15) is 0 Å². The molecule has 3 nitrogen and oxygen atoms in total. The number of hydrogen-bond donors (Lipinski definition) is 1. The van der Waals surface area contributed by atoms with Gasteiger partial charge in [-0.15, -0.1) is 0 Å². The van der Waals surface area contributed by atoms with Crippen molar-refractivity contribution in [2.45, 2.75) is 51.9 Å². The smallest absolute Gasteiger partial charge is 0.183 e. The maximum Gasteiger partial charge on any atom is 0.183 e. The summed E-state index contributed by atoms with van der Waals surface area (Å²) in [6.45, 7) is 5.02. The Balaban J connectivity index is 2.24. The van der Waals surface area contributed by atoms with Crippen LogP contribution < -0.4 is 0 Å². The second kappa shape index (κ2) is 6.38. The Labute approximate surface area is 86.4 Å². The lowest BCUT2D eigenvalue weighted by molar-refractivity contribution is -0.194. The van der Waals surface area contributed by atoms with Gasteiger partial charge < -0.3 is 14.6 Å². The van der Waals surface area contributed by atoms with Gasteiger partial charge in [0.2, 0.25) is 0 Å². The Morgan fingerprint density at radius 2 is 1.79 bits per heavy atom. The minimum Gasteiger partial charge on any atom is -0.388 e. The quantitative estimate of drug-likeness (QED) is 0.641. The summed E-state index contributed by atoms with van der Waals surface area (Å²) >= 11 is 0. The summed E-state index contributed by atoms with van der Waals surface area (Å²) in [7, 11) is 0. The molecule has 0 aromatic heterocycles. The second-order valence-corrected chi connectivity index (χ2v) is 3.88. The van der Waals surface area contributed by atoms with Crippen molar-refractivity contribution in [3.63, 3.8) is 0 Å². The molecule has 1 aliphatic carbocycles. The van der Waals surface area contributed by atoms with E-state index in [1.807, 2.05) is 13.8 Å². The molecule has 84 valence electrons. The van der Waals surface area contributed by atoms with Gasteiger partial charge in [0, 0.05) is 13.2 Å². The lowest BCUT2D eigenvalue weighted by Crippen LogP contribution is -2.34. The largest absolute Gasteiger partial charge is 0.388 e. The van der Waals surface area contributed by atoms with Crippen LogP contribution in [0.4, 0.5) is 0 Å². The SMILES string of the molecule is CCOC(OCC)C(O)CC1CCC1. The fraction of sp³-hybridized carbons (Fsp3) is 1.00. The Morgan fingerprint density at radius 1 is 1.21 bits per heavy atom. The molecule has 1 atom stereocenters.